The number of benzene rings is 1. The molecule has 0 aliphatic rings. The molecular weight excluding hydrogens is 274 g/mol. The van der Waals surface area contributed by atoms with Gasteiger partial charge in [0.25, 0.3) is 11.6 Å². The van der Waals surface area contributed by atoms with Gasteiger partial charge >= 0.3 is 0 Å². The number of hydrogen-bond donors (Lipinski definition) is 2. The number of hydrogen-bond acceptors (Lipinski definition) is 5. The Hall–Kier alpha value is -2.93. The zero-order valence-corrected chi connectivity index (χ0v) is 11.2. The lowest BCUT2D eigenvalue weighted by Gasteiger charge is -2.00. The molecule has 0 saturated heterocycles. The van der Waals surface area contributed by atoms with Gasteiger partial charge < -0.3 is 4.42 Å². The molecule has 0 fully saturated rings. The first kappa shape index (κ1) is 14.5. The summed E-state index contributed by atoms with van der Waals surface area (Å²) in [5.74, 6) is 5.41. The minimum Gasteiger partial charge on any atom is -0.457 e. The fraction of sp³-hybridized carbons (Fsp3) is 0.0714. The molecule has 2 aromatic rings. The zero-order valence-electron chi connectivity index (χ0n) is 11.2. The van der Waals surface area contributed by atoms with Gasteiger partial charge in [-0.3, -0.25) is 20.3 Å². The highest BCUT2D eigenvalue weighted by molar-refractivity contribution is 5.90. The number of nitrogens with one attached hydrogen (secondary N) is 1. The fourth-order valence-corrected chi connectivity index (χ4v) is 1.76. The van der Waals surface area contributed by atoms with Gasteiger partial charge in [-0.2, -0.15) is 0 Å². The highest BCUT2D eigenvalue weighted by Gasteiger charge is 2.13. The summed E-state index contributed by atoms with van der Waals surface area (Å²) in [6.07, 6.45) is 2.68. The van der Waals surface area contributed by atoms with Crippen molar-refractivity contribution in [3.63, 3.8) is 0 Å². The smallest absolute Gasteiger partial charge is 0.273 e. The van der Waals surface area contributed by atoms with Crippen LogP contribution in [0.4, 0.5) is 5.69 Å². The first-order valence-electron chi connectivity index (χ1n) is 6.05. The molecule has 7 nitrogen and oxygen atoms in total. The number of hydrazine groups is 1. The first-order valence-corrected chi connectivity index (χ1v) is 6.05. The van der Waals surface area contributed by atoms with E-state index in [9.17, 15) is 14.9 Å². The van der Waals surface area contributed by atoms with E-state index in [1.54, 1.807) is 31.2 Å². The number of aryl methyl sites for hydroxylation is 1. The monoisotopic (exact) mass is 287 g/mol. The Morgan fingerprint density at radius 2 is 2.14 bits per heavy atom. The van der Waals surface area contributed by atoms with Crippen LogP contribution in [0.3, 0.4) is 0 Å². The molecule has 1 aromatic carbocycles. The molecular formula is C14H13N3O4. The van der Waals surface area contributed by atoms with Crippen LogP contribution in [0.5, 0.6) is 0 Å². The van der Waals surface area contributed by atoms with E-state index in [4.69, 9.17) is 10.3 Å². The van der Waals surface area contributed by atoms with E-state index in [0.717, 1.165) is 0 Å². The van der Waals surface area contributed by atoms with Gasteiger partial charge in [0.15, 0.2) is 0 Å². The fourth-order valence-electron chi connectivity index (χ4n) is 1.76. The third kappa shape index (κ3) is 3.34. The Balaban J connectivity index is 2.30. The zero-order chi connectivity index (χ0) is 15.4. The molecule has 0 aliphatic heterocycles. The van der Waals surface area contributed by atoms with Gasteiger partial charge in [0, 0.05) is 23.3 Å². The summed E-state index contributed by atoms with van der Waals surface area (Å²) in [4.78, 5) is 21.5. The van der Waals surface area contributed by atoms with Gasteiger partial charge in [-0.05, 0) is 25.1 Å². The molecule has 0 bridgehead atoms. The molecule has 0 radical (unpaired) electrons. The quantitative estimate of drug-likeness (QED) is 0.294. The van der Waals surface area contributed by atoms with Crippen molar-refractivity contribution < 1.29 is 14.1 Å². The summed E-state index contributed by atoms with van der Waals surface area (Å²) in [7, 11) is 0. The van der Waals surface area contributed by atoms with Crippen molar-refractivity contribution in [1.29, 1.82) is 0 Å². The molecule has 0 saturated carbocycles. The van der Waals surface area contributed by atoms with Crippen LogP contribution in [-0.2, 0) is 4.79 Å². The third-order valence-electron chi connectivity index (χ3n) is 2.86. The van der Waals surface area contributed by atoms with E-state index in [0.29, 0.717) is 22.6 Å². The van der Waals surface area contributed by atoms with E-state index in [-0.39, 0.29) is 5.69 Å². The van der Waals surface area contributed by atoms with Gasteiger partial charge in [0.05, 0.1) is 4.92 Å². The lowest BCUT2D eigenvalue weighted by atomic mass is 10.1. The first-order chi connectivity index (χ1) is 10.0. The van der Waals surface area contributed by atoms with Crippen LogP contribution in [0, 0.1) is 17.0 Å². The van der Waals surface area contributed by atoms with E-state index in [1.807, 2.05) is 5.43 Å². The van der Waals surface area contributed by atoms with Crippen molar-refractivity contribution in [2.75, 3.05) is 0 Å². The maximum atomic E-state index is 11.0. The number of nitro groups is 1. The summed E-state index contributed by atoms with van der Waals surface area (Å²) in [6, 6.07) is 8.18. The molecule has 3 N–H and O–H groups in total. The molecule has 1 heterocycles. The van der Waals surface area contributed by atoms with E-state index < -0.39 is 10.8 Å². The Morgan fingerprint density at radius 3 is 2.81 bits per heavy atom. The molecule has 108 valence electrons. The lowest BCUT2D eigenvalue weighted by molar-refractivity contribution is -0.385. The largest absolute Gasteiger partial charge is 0.457 e. The van der Waals surface area contributed by atoms with Crippen molar-refractivity contribution in [3.05, 3.63) is 57.8 Å². The van der Waals surface area contributed by atoms with Crippen molar-refractivity contribution >= 4 is 17.7 Å². The second-order valence-corrected chi connectivity index (χ2v) is 4.30. The molecule has 0 unspecified atom stereocenters. The Kier molecular flexibility index (Phi) is 4.15. The summed E-state index contributed by atoms with van der Waals surface area (Å²) < 4.78 is 5.51. The molecule has 0 atom stereocenters. The normalized spacial score (nSPS) is 10.8. The van der Waals surface area contributed by atoms with Gasteiger partial charge in [0.2, 0.25) is 0 Å². The summed E-state index contributed by atoms with van der Waals surface area (Å²) >= 11 is 0. The van der Waals surface area contributed by atoms with Gasteiger partial charge in [-0.1, -0.05) is 12.1 Å². The highest BCUT2D eigenvalue weighted by atomic mass is 16.6. The van der Waals surface area contributed by atoms with E-state index in [1.165, 1.54) is 18.2 Å². The highest BCUT2D eigenvalue weighted by Crippen LogP contribution is 2.28. The molecule has 21 heavy (non-hydrogen) atoms. The molecule has 1 amide bonds. The third-order valence-corrected chi connectivity index (χ3v) is 2.86. The standard InChI is InChI=1S/C14H13N3O4/c1-9-2-3-10(8-12(9)17(19)20)13-6-4-11(21-13)5-7-14(18)16-15/h2-8H,15H2,1H3,(H,16,18)/b7-5+. The van der Waals surface area contributed by atoms with Gasteiger partial charge in [0.1, 0.15) is 11.5 Å². The predicted molar refractivity (Wildman–Crippen MR) is 76.9 cm³/mol. The summed E-state index contributed by atoms with van der Waals surface area (Å²) in [6.45, 7) is 1.67. The minimum absolute atomic E-state index is 0.0310. The maximum absolute atomic E-state index is 11.0. The Labute approximate surface area is 120 Å². The summed E-state index contributed by atoms with van der Waals surface area (Å²) in [5.41, 5.74) is 3.16. The molecule has 1 aromatic heterocycles. The van der Waals surface area contributed by atoms with Crippen molar-refractivity contribution in [2.45, 2.75) is 6.92 Å². The molecule has 2 rings (SSSR count). The number of nitrogens with zero attached hydrogens (tertiary/aromatic N) is 1. The number of nitrogens with two attached hydrogens (primary N) is 1. The number of nitro benzene ring substituents is 1. The number of furan rings is 1. The predicted octanol–water partition coefficient (Wildman–Crippen LogP) is 2.17. The van der Waals surface area contributed by atoms with Crippen LogP contribution in [0.25, 0.3) is 17.4 Å². The topological polar surface area (TPSA) is 111 Å². The van der Waals surface area contributed by atoms with Crippen LogP contribution < -0.4 is 11.3 Å². The van der Waals surface area contributed by atoms with Crippen LogP contribution in [0.15, 0.2) is 40.8 Å². The van der Waals surface area contributed by atoms with Crippen LogP contribution >= 0.6 is 0 Å². The minimum atomic E-state index is -0.459. The number of carbonyl (C=O) groups excluding carboxylic acids is 1. The number of amides is 1. The lowest BCUT2D eigenvalue weighted by Crippen LogP contribution is -2.27. The number of rotatable bonds is 4. The number of carbonyl (C=O) groups is 1. The second-order valence-electron chi connectivity index (χ2n) is 4.30. The van der Waals surface area contributed by atoms with Gasteiger partial charge in [-0.15, -0.1) is 0 Å². The van der Waals surface area contributed by atoms with Gasteiger partial charge in [-0.25, -0.2) is 5.84 Å². The maximum Gasteiger partial charge on any atom is 0.273 e. The van der Waals surface area contributed by atoms with Crippen molar-refractivity contribution in [3.8, 4) is 11.3 Å². The SMILES string of the molecule is Cc1ccc(-c2ccc(/C=C/C(=O)NN)o2)cc1[N+](=O)[O-]. The molecule has 0 spiro atoms. The van der Waals surface area contributed by atoms with Crippen molar-refractivity contribution in [2.24, 2.45) is 5.84 Å². The Morgan fingerprint density at radius 1 is 1.38 bits per heavy atom. The van der Waals surface area contributed by atoms with E-state index >= 15 is 0 Å². The summed E-state index contributed by atoms with van der Waals surface area (Å²) in [5, 5.41) is 10.9. The second kappa shape index (κ2) is 6.02. The molecule has 0 aliphatic carbocycles. The van der Waals surface area contributed by atoms with Crippen LogP contribution in [0.2, 0.25) is 0 Å². The average Bonchev–Trinajstić information content (AvgIpc) is 2.93. The van der Waals surface area contributed by atoms with Crippen LogP contribution in [0.1, 0.15) is 11.3 Å². The van der Waals surface area contributed by atoms with Crippen molar-refractivity contribution in [1.82, 2.24) is 5.43 Å². The Bertz CT molecular complexity index is 719. The molecule has 7 heteroatoms. The van der Waals surface area contributed by atoms with Crippen LogP contribution in [-0.4, -0.2) is 10.8 Å². The average molecular weight is 287 g/mol. The van der Waals surface area contributed by atoms with E-state index in [2.05, 4.69) is 0 Å².